The van der Waals surface area contributed by atoms with Crippen molar-refractivity contribution in [3.63, 3.8) is 0 Å². The van der Waals surface area contributed by atoms with Crippen LogP contribution in [0.3, 0.4) is 0 Å². The van der Waals surface area contributed by atoms with Crippen molar-refractivity contribution in [2.45, 2.75) is 44.4 Å². The second-order valence-corrected chi connectivity index (χ2v) is 10.8. The molecule has 0 radical (unpaired) electrons. The molecule has 208 valence electrons. The molecule has 7 nitrogen and oxygen atoms in total. The first kappa shape index (κ1) is 29.7. The molecule has 0 bridgehead atoms. The number of amides is 2. The Bertz CT molecular complexity index is 1400. The number of carbonyl (C=O) groups is 2. The number of likely N-dealkylation sites (N-methyl/N-ethyl adjacent to an activating group) is 1. The van der Waals surface area contributed by atoms with Crippen LogP contribution in [0.25, 0.3) is 0 Å². The van der Waals surface area contributed by atoms with Crippen molar-refractivity contribution in [1.82, 2.24) is 10.2 Å². The quantitative estimate of drug-likeness (QED) is 0.387. The SMILES string of the molecule is CCNC(=O)[C@@H](C)N(Cc1ccc(C)cc1)C(=O)CN(c1cccc(C(F)(F)F)c1)S(=O)(=O)c1ccccc1. The highest BCUT2D eigenvalue weighted by Gasteiger charge is 2.35. The van der Waals surface area contributed by atoms with E-state index in [1.165, 1.54) is 42.2 Å². The van der Waals surface area contributed by atoms with E-state index in [0.717, 1.165) is 17.7 Å². The number of nitrogens with zero attached hydrogens (tertiary/aromatic N) is 2. The van der Waals surface area contributed by atoms with Crippen LogP contribution in [-0.2, 0) is 32.3 Å². The second kappa shape index (κ2) is 12.3. The van der Waals surface area contributed by atoms with Gasteiger partial charge in [0.1, 0.15) is 12.6 Å². The van der Waals surface area contributed by atoms with E-state index in [9.17, 15) is 31.2 Å². The van der Waals surface area contributed by atoms with Crippen molar-refractivity contribution in [3.05, 3.63) is 95.6 Å². The van der Waals surface area contributed by atoms with Crippen molar-refractivity contribution in [3.8, 4) is 0 Å². The number of alkyl halides is 3. The summed E-state index contributed by atoms with van der Waals surface area (Å²) in [6.45, 7) is 4.60. The zero-order valence-corrected chi connectivity index (χ0v) is 22.6. The van der Waals surface area contributed by atoms with Crippen molar-refractivity contribution in [1.29, 1.82) is 0 Å². The summed E-state index contributed by atoms with van der Waals surface area (Å²) in [5, 5.41) is 2.65. The largest absolute Gasteiger partial charge is 0.416 e. The zero-order valence-electron chi connectivity index (χ0n) is 21.8. The predicted molar refractivity (Wildman–Crippen MR) is 142 cm³/mol. The fraction of sp³-hybridized carbons (Fsp3) is 0.286. The van der Waals surface area contributed by atoms with Gasteiger partial charge in [-0.25, -0.2) is 8.42 Å². The molecule has 0 saturated carbocycles. The van der Waals surface area contributed by atoms with E-state index in [-0.39, 0.29) is 17.1 Å². The van der Waals surface area contributed by atoms with Crippen LogP contribution < -0.4 is 9.62 Å². The predicted octanol–water partition coefficient (Wildman–Crippen LogP) is 4.76. The van der Waals surface area contributed by atoms with E-state index in [1.54, 1.807) is 25.1 Å². The Morgan fingerprint density at radius 1 is 0.949 bits per heavy atom. The number of nitrogens with one attached hydrogen (secondary N) is 1. The monoisotopic (exact) mass is 561 g/mol. The lowest BCUT2D eigenvalue weighted by Crippen LogP contribution is -2.51. The summed E-state index contributed by atoms with van der Waals surface area (Å²) in [4.78, 5) is 27.4. The van der Waals surface area contributed by atoms with Gasteiger partial charge in [0.15, 0.2) is 0 Å². The third-order valence-electron chi connectivity index (χ3n) is 6.06. The summed E-state index contributed by atoms with van der Waals surface area (Å²) in [6, 6.07) is 17.2. The van der Waals surface area contributed by atoms with E-state index in [4.69, 9.17) is 0 Å². The number of hydrogen-bond acceptors (Lipinski definition) is 4. The standard InChI is InChI=1S/C28H30F3N3O4S/c1-4-32-27(36)21(3)33(18-22-15-13-20(2)14-16-22)26(35)19-34(39(37,38)25-11-6-5-7-12-25)24-10-8-9-23(17-24)28(29,30)31/h5-17,21H,4,18-19H2,1-3H3,(H,32,36)/t21-/m1/s1. The minimum absolute atomic E-state index is 0.0147. The molecule has 0 aromatic heterocycles. The lowest BCUT2D eigenvalue weighted by atomic mass is 10.1. The Kier molecular flexibility index (Phi) is 9.39. The van der Waals surface area contributed by atoms with Crippen LogP contribution >= 0.6 is 0 Å². The van der Waals surface area contributed by atoms with Gasteiger partial charge in [0.05, 0.1) is 16.1 Å². The van der Waals surface area contributed by atoms with Crippen LogP contribution in [0.1, 0.15) is 30.5 Å². The van der Waals surface area contributed by atoms with Gasteiger partial charge in [-0.3, -0.25) is 13.9 Å². The number of anilines is 1. The van der Waals surface area contributed by atoms with Gasteiger partial charge < -0.3 is 10.2 Å². The van der Waals surface area contributed by atoms with Gasteiger partial charge in [0, 0.05) is 13.1 Å². The molecule has 39 heavy (non-hydrogen) atoms. The number of rotatable bonds is 10. The number of carbonyl (C=O) groups excluding carboxylic acids is 2. The highest BCUT2D eigenvalue weighted by Crippen LogP contribution is 2.33. The normalized spacial score (nSPS) is 12.5. The smallest absolute Gasteiger partial charge is 0.355 e. The van der Waals surface area contributed by atoms with E-state index >= 15 is 0 Å². The minimum atomic E-state index is -4.73. The van der Waals surface area contributed by atoms with Crippen LogP contribution in [0.4, 0.5) is 18.9 Å². The van der Waals surface area contributed by atoms with Gasteiger partial charge in [-0.15, -0.1) is 0 Å². The summed E-state index contributed by atoms with van der Waals surface area (Å²) in [5.74, 6) is -1.21. The molecule has 0 aliphatic heterocycles. The molecule has 0 fully saturated rings. The van der Waals surface area contributed by atoms with Crippen LogP contribution in [0.15, 0.2) is 83.8 Å². The zero-order chi connectivity index (χ0) is 28.8. The summed E-state index contributed by atoms with van der Waals surface area (Å²) >= 11 is 0. The fourth-order valence-electron chi connectivity index (χ4n) is 3.88. The summed E-state index contributed by atoms with van der Waals surface area (Å²) < 4.78 is 68.4. The fourth-order valence-corrected chi connectivity index (χ4v) is 5.31. The number of halogens is 3. The van der Waals surface area contributed by atoms with Gasteiger partial charge in [0.2, 0.25) is 11.8 Å². The molecule has 3 aromatic rings. The summed E-state index contributed by atoms with van der Waals surface area (Å²) in [5.41, 5.74) is 0.288. The Morgan fingerprint density at radius 3 is 2.18 bits per heavy atom. The maximum atomic E-state index is 13.7. The molecule has 0 saturated heterocycles. The van der Waals surface area contributed by atoms with Gasteiger partial charge in [0.25, 0.3) is 10.0 Å². The molecule has 0 aliphatic carbocycles. The second-order valence-electron chi connectivity index (χ2n) is 8.95. The molecular formula is C28H30F3N3O4S. The molecule has 0 heterocycles. The summed E-state index contributed by atoms with van der Waals surface area (Å²) in [7, 11) is -4.46. The molecule has 0 spiro atoms. The molecule has 2 amide bonds. The van der Waals surface area contributed by atoms with Crippen molar-refractivity contribution in [2.24, 2.45) is 0 Å². The van der Waals surface area contributed by atoms with E-state index in [2.05, 4.69) is 5.32 Å². The highest BCUT2D eigenvalue weighted by atomic mass is 32.2. The Balaban J connectivity index is 2.07. The number of aryl methyl sites for hydroxylation is 1. The van der Waals surface area contributed by atoms with Gasteiger partial charge in [-0.2, -0.15) is 13.2 Å². The van der Waals surface area contributed by atoms with Gasteiger partial charge in [-0.05, 0) is 56.7 Å². The van der Waals surface area contributed by atoms with Crippen LogP contribution in [0, 0.1) is 6.92 Å². The number of hydrogen-bond donors (Lipinski definition) is 1. The van der Waals surface area contributed by atoms with Crippen LogP contribution in [0.5, 0.6) is 0 Å². The molecule has 0 unspecified atom stereocenters. The Hall–Kier alpha value is -3.86. The van der Waals surface area contributed by atoms with E-state index < -0.39 is 46.2 Å². The first-order chi connectivity index (χ1) is 18.3. The van der Waals surface area contributed by atoms with Crippen molar-refractivity contribution >= 4 is 27.5 Å². The number of sulfonamides is 1. The maximum absolute atomic E-state index is 13.7. The third kappa shape index (κ3) is 7.38. The Labute approximate surface area is 226 Å². The maximum Gasteiger partial charge on any atom is 0.416 e. The van der Waals surface area contributed by atoms with Crippen LogP contribution in [-0.4, -0.2) is 44.3 Å². The van der Waals surface area contributed by atoms with Gasteiger partial charge in [-0.1, -0.05) is 54.1 Å². The molecular weight excluding hydrogens is 531 g/mol. The van der Waals surface area contributed by atoms with E-state index in [1.807, 2.05) is 19.1 Å². The first-order valence-corrected chi connectivity index (χ1v) is 13.7. The molecule has 3 aromatic carbocycles. The minimum Gasteiger partial charge on any atom is -0.355 e. The summed E-state index contributed by atoms with van der Waals surface area (Å²) in [6.07, 6.45) is -4.73. The molecule has 0 aliphatic rings. The highest BCUT2D eigenvalue weighted by molar-refractivity contribution is 7.92. The average molecular weight is 562 g/mol. The lowest BCUT2D eigenvalue weighted by Gasteiger charge is -2.32. The Morgan fingerprint density at radius 2 is 1.59 bits per heavy atom. The van der Waals surface area contributed by atoms with E-state index in [0.29, 0.717) is 22.5 Å². The third-order valence-corrected chi connectivity index (χ3v) is 7.85. The van der Waals surface area contributed by atoms with Crippen molar-refractivity contribution < 1.29 is 31.2 Å². The topological polar surface area (TPSA) is 86.8 Å². The first-order valence-electron chi connectivity index (χ1n) is 12.2. The van der Waals surface area contributed by atoms with Crippen LogP contribution in [0.2, 0.25) is 0 Å². The average Bonchev–Trinajstić information content (AvgIpc) is 2.91. The molecule has 1 atom stereocenters. The number of benzene rings is 3. The van der Waals surface area contributed by atoms with Gasteiger partial charge >= 0.3 is 6.18 Å². The van der Waals surface area contributed by atoms with Crippen molar-refractivity contribution in [2.75, 3.05) is 17.4 Å². The molecule has 3 rings (SSSR count). The molecule has 1 N–H and O–H groups in total. The lowest BCUT2D eigenvalue weighted by molar-refractivity contribution is -0.139. The molecule has 11 heteroatoms.